The predicted molar refractivity (Wildman–Crippen MR) is 188 cm³/mol. The summed E-state index contributed by atoms with van der Waals surface area (Å²) in [6, 6.07) is 15.4. The Kier molecular flexibility index (Phi) is 14.4. The van der Waals surface area contributed by atoms with Gasteiger partial charge in [-0.3, -0.25) is 19.3 Å². The molecule has 14 heteroatoms. The molecule has 2 N–H and O–H groups in total. The molecule has 0 saturated carbocycles. The van der Waals surface area contributed by atoms with Gasteiger partial charge in [0.05, 0.1) is 19.1 Å². The fourth-order valence-electron chi connectivity index (χ4n) is 5.86. The Morgan fingerprint density at radius 3 is 2.13 bits per heavy atom. The minimum Gasteiger partial charge on any atom is -0.497 e. The van der Waals surface area contributed by atoms with Crippen LogP contribution in [0.4, 0.5) is 23.7 Å². The van der Waals surface area contributed by atoms with Gasteiger partial charge in [-0.1, -0.05) is 50.8 Å². The van der Waals surface area contributed by atoms with Crippen LogP contribution in [0.5, 0.6) is 11.5 Å². The van der Waals surface area contributed by atoms with E-state index in [0.29, 0.717) is 24.4 Å². The first kappa shape index (κ1) is 39.7. The second-order valence-electron chi connectivity index (χ2n) is 12.6. The van der Waals surface area contributed by atoms with Crippen LogP contribution in [-0.2, 0) is 28.7 Å². The summed E-state index contributed by atoms with van der Waals surface area (Å²) in [5.41, 5.74) is -0.244. The average Bonchev–Trinajstić information content (AvgIpc) is 3.12. The van der Waals surface area contributed by atoms with Crippen LogP contribution in [-0.4, -0.2) is 90.1 Å². The molecule has 0 atom stereocenters. The third-order valence-corrected chi connectivity index (χ3v) is 8.71. The van der Waals surface area contributed by atoms with Gasteiger partial charge in [0, 0.05) is 44.0 Å². The van der Waals surface area contributed by atoms with E-state index in [1.54, 1.807) is 29.2 Å². The number of carboxylic acid groups (broad SMARTS) is 1. The number of piperazine rings is 1. The second-order valence-corrected chi connectivity index (χ2v) is 12.6. The highest BCUT2D eigenvalue weighted by Gasteiger charge is 2.34. The Bertz CT molecular complexity index is 1660. The molecule has 3 aromatic rings. The molecule has 0 radical (unpaired) electrons. The Labute approximate surface area is 301 Å². The number of carbonyl (C=O) groups is 4. The van der Waals surface area contributed by atoms with E-state index in [2.05, 4.69) is 17.1 Å². The van der Waals surface area contributed by atoms with Crippen LogP contribution in [0.2, 0.25) is 0 Å². The number of alkyl halides is 3. The molecule has 0 bridgehead atoms. The molecule has 4 rings (SSSR count). The summed E-state index contributed by atoms with van der Waals surface area (Å²) in [6.45, 7) is 5.33. The predicted octanol–water partition coefficient (Wildman–Crippen LogP) is 6.71. The number of hydrogen-bond acceptors (Lipinski definition) is 7. The van der Waals surface area contributed by atoms with Crippen LogP contribution >= 0.6 is 0 Å². The van der Waals surface area contributed by atoms with Crippen molar-refractivity contribution in [2.24, 2.45) is 0 Å². The third-order valence-electron chi connectivity index (χ3n) is 8.71. The van der Waals surface area contributed by atoms with Gasteiger partial charge in [-0.25, -0.2) is 4.79 Å². The van der Waals surface area contributed by atoms with Crippen molar-refractivity contribution >= 4 is 29.6 Å². The lowest BCUT2D eigenvalue weighted by atomic mass is 10.0. The van der Waals surface area contributed by atoms with Gasteiger partial charge in [0.25, 0.3) is 5.91 Å². The number of rotatable bonds is 16. The lowest BCUT2D eigenvalue weighted by molar-refractivity contribution is -0.139. The van der Waals surface area contributed by atoms with E-state index in [0.717, 1.165) is 37.0 Å². The molecular formula is C38H45F3N4O7. The third kappa shape index (κ3) is 12.0. The number of anilines is 1. The largest absolute Gasteiger partial charge is 0.497 e. The number of carbonyl (C=O) groups excluding carboxylic acids is 3. The number of ether oxygens (including phenoxy) is 2. The first-order valence-corrected chi connectivity index (χ1v) is 17.3. The van der Waals surface area contributed by atoms with E-state index < -0.39 is 48.6 Å². The number of nitrogens with one attached hydrogen (secondary N) is 1. The summed E-state index contributed by atoms with van der Waals surface area (Å²) in [4.78, 5) is 55.5. The van der Waals surface area contributed by atoms with Crippen molar-refractivity contribution < 1.29 is 46.9 Å². The number of halogens is 3. The first-order chi connectivity index (χ1) is 24.9. The lowest BCUT2D eigenvalue weighted by Gasteiger charge is -2.34. The topological polar surface area (TPSA) is 129 Å². The van der Waals surface area contributed by atoms with E-state index in [9.17, 15) is 37.5 Å². The number of aliphatic carboxylic acids is 1. The molecule has 3 amide bonds. The van der Waals surface area contributed by atoms with Crippen molar-refractivity contribution in [2.45, 2.75) is 58.2 Å². The Hall–Kier alpha value is -5.11. The lowest BCUT2D eigenvalue weighted by Crippen LogP contribution is -2.49. The first-order valence-electron chi connectivity index (χ1n) is 17.3. The number of hydrogen-bond donors (Lipinski definition) is 2. The summed E-state index contributed by atoms with van der Waals surface area (Å²) in [6.07, 6.45) is 0.420. The molecule has 3 aromatic carbocycles. The summed E-state index contributed by atoms with van der Waals surface area (Å²) in [7, 11) is 1.24. The molecule has 1 saturated heterocycles. The SMILES string of the molecule is CCCCCCCN1CCN(C(=O)Oc2ccc(CN(CC(=O)O)C(=O)c3ccc(NC(=O)Cc4ccc(OC)cc4C(F)(F)F)cc3)cc2)CC1. The average molecular weight is 727 g/mol. The number of amides is 3. The van der Waals surface area contributed by atoms with Gasteiger partial charge >= 0.3 is 18.2 Å². The Balaban J connectivity index is 1.30. The van der Waals surface area contributed by atoms with E-state index in [1.165, 1.54) is 69.2 Å². The van der Waals surface area contributed by atoms with Crippen LogP contribution in [0.3, 0.4) is 0 Å². The number of carboxylic acids is 1. The molecule has 1 aliphatic heterocycles. The minimum absolute atomic E-state index is 0.00886. The van der Waals surface area contributed by atoms with Gasteiger partial charge in [0.1, 0.15) is 18.0 Å². The van der Waals surface area contributed by atoms with Crippen molar-refractivity contribution in [3.05, 3.63) is 89.0 Å². The van der Waals surface area contributed by atoms with E-state index in [-0.39, 0.29) is 29.1 Å². The highest BCUT2D eigenvalue weighted by molar-refractivity contribution is 5.97. The maximum Gasteiger partial charge on any atom is 0.416 e. The highest BCUT2D eigenvalue weighted by Crippen LogP contribution is 2.35. The molecule has 1 fully saturated rings. The van der Waals surface area contributed by atoms with Crippen molar-refractivity contribution in [1.29, 1.82) is 0 Å². The molecule has 11 nitrogen and oxygen atoms in total. The van der Waals surface area contributed by atoms with Crippen molar-refractivity contribution in [2.75, 3.05) is 51.7 Å². The molecule has 1 heterocycles. The minimum atomic E-state index is -4.69. The van der Waals surface area contributed by atoms with Crippen LogP contribution in [0.1, 0.15) is 66.1 Å². The van der Waals surface area contributed by atoms with Crippen LogP contribution in [0.25, 0.3) is 0 Å². The Morgan fingerprint density at radius 1 is 0.865 bits per heavy atom. The summed E-state index contributed by atoms with van der Waals surface area (Å²) in [5, 5.41) is 12.0. The summed E-state index contributed by atoms with van der Waals surface area (Å²) < 4.78 is 51.1. The van der Waals surface area contributed by atoms with E-state index in [4.69, 9.17) is 9.47 Å². The monoisotopic (exact) mass is 726 g/mol. The van der Waals surface area contributed by atoms with Gasteiger partial charge in [0.2, 0.25) is 5.91 Å². The molecule has 0 unspecified atom stereocenters. The fraction of sp³-hybridized carbons (Fsp3) is 0.421. The van der Waals surface area contributed by atoms with Crippen molar-refractivity contribution in [1.82, 2.24) is 14.7 Å². The quantitative estimate of drug-likeness (QED) is 0.156. The number of unbranched alkanes of at least 4 members (excludes halogenated alkanes) is 4. The molecule has 52 heavy (non-hydrogen) atoms. The zero-order valence-corrected chi connectivity index (χ0v) is 29.4. The Morgan fingerprint density at radius 2 is 1.52 bits per heavy atom. The molecule has 0 aliphatic carbocycles. The standard InChI is InChI=1S/C38H45F3N4O7/c1-3-4-5-6-7-18-43-19-21-44(22-20-43)37(50)52-31-15-8-27(9-16-31)25-45(26-35(47)48)36(49)28-10-13-30(14-11-28)42-34(46)23-29-12-17-32(51-2)24-33(29)38(39,40)41/h8-17,24H,3-7,18-23,25-26H2,1-2H3,(H,42,46)(H,47,48). The van der Waals surface area contributed by atoms with Gasteiger partial charge in [-0.05, 0) is 72.6 Å². The van der Waals surface area contributed by atoms with Crippen molar-refractivity contribution in [3.63, 3.8) is 0 Å². The van der Waals surface area contributed by atoms with E-state index in [1.807, 2.05) is 0 Å². The van der Waals surface area contributed by atoms with Gasteiger partial charge in [-0.15, -0.1) is 0 Å². The zero-order chi connectivity index (χ0) is 37.7. The summed E-state index contributed by atoms with van der Waals surface area (Å²) in [5.74, 6) is -2.19. The van der Waals surface area contributed by atoms with Gasteiger partial charge < -0.3 is 29.7 Å². The fourth-order valence-corrected chi connectivity index (χ4v) is 5.86. The molecular weight excluding hydrogens is 681 g/mol. The molecule has 0 aromatic heterocycles. The number of benzene rings is 3. The van der Waals surface area contributed by atoms with Crippen molar-refractivity contribution in [3.8, 4) is 11.5 Å². The number of nitrogens with zero attached hydrogens (tertiary/aromatic N) is 3. The maximum absolute atomic E-state index is 13.5. The normalized spacial score (nSPS) is 13.4. The summed E-state index contributed by atoms with van der Waals surface area (Å²) >= 11 is 0. The smallest absolute Gasteiger partial charge is 0.416 e. The molecule has 0 spiro atoms. The highest BCUT2D eigenvalue weighted by atomic mass is 19.4. The van der Waals surface area contributed by atoms with Crippen LogP contribution in [0, 0.1) is 0 Å². The van der Waals surface area contributed by atoms with E-state index >= 15 is 0 Å². The van der Waals surface area contributed by atoms with Gasteiger partial charge in [-0.2, -0.15) is 13.2 Å². The second kappa shape index (κ2) is 18.9. The van der Waals surface area contributed by atoms with Crippen LogP contribution in [0.15, 0.2) is 66.7 Å². The van der Waals surface area contributed by atoms with Gasteiger partial charge in [0.15, 0.2) is 0 Å². The maximum atomic E-state index is 13.5. The zero-order valence-electron chi connectivity index (χ0n) is 29.4. The number of methoxy groups -OCH3 is 1. The van der Waals surface area contributed by atoms with Crippen LogP contribution < -0.4 is 14.8 Å². The molecule has 1 aliphatic rings. The molecule has 280 valence electrons.